The molecule has 0 aliphatic carbocycles. The minimum atomic E-state index is -3.23. The molecule has 1 aromatic carbocycles. The third kappa shape index (κ3) is 2.22. The molecule has 0 radical (unpaired) electrons. The molecule has 112 valence electrons. The van der Waals surface area contributed by atoms with Gasteiger partial charge in [0.25, 0.3) is 0 Å². The molecular weight excluding hydrogens is 304 g/mol. The van der Waals surface area contributed by atoms with Crippen LogP contribution in [0.15, 0.2) is 29.2 Å². The summed E-state index contributed by atoms with van der Waals surface area (Å²) in [6, 6.07) is 7.04. The Morgan fingerprint density at radius 1 is 1.38 bits per heavy atom. The van der Waals surface area contributed by atoms with E-state index in [1.165, 1.54) is 0 Å². The molecule has 0 amide bonds. The molecular formula is C15H18N2O2S2. The summed E-state index contributed by atoms with van der Waals surface area (Å²) in [5.41, 5.74) is 7.55. The predicted molar refractivity (Wildman–Crippen MR) is 84.3 cm³/mol. The molecule has 2 heterocycles. The van der Waals surface area contributed by atoms with Gasteiger partial charge < -0.3 is 5.73 Å². The molecule has 1 aliphatic heterocycles. The maximum Gasteiger partial charge on any atom is 0.178 e. The predicted octanol–water partition coefficient (Wildman–Crippen LogP) is 2.39. The molecule has 0 fully saturated rings. The highest BCUT2D eigenvalue weighted by Crippen LogP contribution is 2.41. The van der Waals surface area contributed by atoms with Gasteiger partial charge in [-0.1, -0.05) is 25.1 Å². The Hall–Kier alpha value is -1.24. The Morgan fingerprint density at radius 3 is 2.76 bits per heavy atom. The summed E-state index contributed by atoms with van der Waals surface area (Å²) in [7, 11) is -3.23. The zero-order chi connectivity index (χ0) is 15.3. The second kappa shape index (κ2) is 4.90. The van der Waals surface area contributed by atoms with E-state index in [9.17, 15) is 8.42 Å². The van der Waals surface area contributed by atoms with Gasteiger partial charge in [0.15, 0.2) is 9.84 Å². The number of benzene rings is 1. The zero-order valence-corrected chi connectivity index (χ0v) is 13.7. The lowest BCUT2D eigenvalue weighted by atomic mass is 9.88. The van der Waals surface area contributed by atoms with Gasteiger partial charge in [-0.2, -0.15) is 0 Å². The monoisotopic (exact) mass is 322 g/mol. The Kier molecular flexibility index (Phi) is 3.43. The number of hydrogen-bond donors (Lipinski definition) is 1. The highest BCUT2D eigenvalue weighted by atomic mass is 32.2. The van der Waals surface area contributed by atoms with Gasteiger partial charge in [0.2, 0.25) is 0 Å². The van der Waals surface area contributed by atoms with Crippen LogP contribution in [0.25, 0.3) is 0 Å². The molecule has 1 aliphatic rings. The first-order valence-electron chi connectivity index (χ1n) is 6.96. The van der Waals surface area contributed by atoms with Gasteiger partial charge in [-0.15, -0.1) is 11.3 Å². The maximum atomic E-state index is 12.2. The average molecular weight is 322 g/mol. The third-order valence-electron chi connectivity index (χ3n) is 4.08. The first-order valence-corrected chi connectivity index (χ1v) is 9.43. The Morgan fingerprint density at radius 2 is 2.10 bits per heavy atom. The topological polar surface area (TPSA) is 73.0 Å². The summed E-state index contributed by atoms with van der Waals surface area (Å²) in [5, 5.41) is 0.819. The highest BCUT2D eigenvalue weighted by molar-refractivity contribution is 7.91. The van der Waals surface area contributed by atoms with Crippen molar-refractivity contribution in [1.29, 1.82) is 0 Å². The molecule has 21 heavy (non-hydrogen) atoms. The van der Waals surface area contributed by atoms with Gasteiger partial charge in [-0.3, -0.25) is 0 Å². The van der Waals surface area contributed by atoms with Gasteiger partial charge in [0, 0.05) is 4.88 Å². The van der Waals surface area contributed by atoms with E-state index in [1.807, 2.05) is 19.1 Å². The molecule has 2 aromatic rings. The van der Waals surface area contributed by atoms with Crippen molar-refractivity contribution < 1.29 is 8.42 Å². The van der Waals surface area contributed by atoms with Crippen molar-refractivity contribution in [2.45, 2.75) is 37.1 Å². The van der Waals surface area contributed by atoms with E-state index < -0.39 is 15.4 Å². The van der Waals surface area contributed by atoms with E-state index >= 15 is 0 Å². The van der Waals surface area contributed by atoms with Crippen LogP contribution in [-0.4, -0.2) is 19.2 Å². The lowest BCUT2D eigenvalue weighted by Crippen LogP contribution is -2.44. The Labute approximate surface area is 128 Å². The summed E-state index contributed by atoms with van der Waals surface area (Å²) >= 11 is 1.58. The summed E-state index contributed by atoms with van der Waals surface area (Å²) in [5.74, 6) is 0.0700. The molecule has 1 unspecified atom stereocenters. The fourth-order valence-corrected chi connectivity index (χ4v) is 5.64. The van der Waals surface area contributed by atoms with Crippen LogP contribution in [0, 0.1) is 6.92 Å². The number of thiazole rings is 1. The SMILES string of the molecule is CCc1nc(C2(N)CCS(=O)(=O)c3ccccc32)sc1C. The molecule has 4 nitrogen and oxygen atoms in total. The van der Waals surface area contributed by atoms with E-state index in [0.29, 0.717) is 16.9 Å². The number of aromatic nitrogens is 1. The molecule has 0 bridgehead atoms. The fraction of sp³-hybridized carbons (Fsp3) is 0.400. The van der Waals surface area contributed by atoms with Crippen molar-refractivity contribution >= 4 is 21.2 Å². The Balaban J connectivity index is 2.22. The summed E-state index contributed by atoms with van der Waals surface area (Å²) in [6.45, 7) is 4.10. The first-order chi connectivity index (χ1) is 9.88. The van der Waals surface area contributed by atoms with Gasteiger partial charge in [0.05, 0.1) is 21.9 Å². The van der Waals surface area contributed by atoms with E-state index in [-0.39, 0.29) is 5.75 Å². The van der Waals surface area contributed by atoms with Crippen molar-refractivity contribution in [2.75, 3.05) is 5.75 Å². The number of hydrogen-bond acceptors (Lipinski definition) is 5. The number of fused-ring (bicyclic) bond motifs is 1. The molecule has 3 rings (SSSR count). The summed E-state index contributed by atoms with van der Waals surface area (Å²) in [4.78, 5) is 6.18. The van der Waals surface area contributed by atoms with Crippen molar-refractivity contribution in [3.05, 3.63) is 45.4 Å². The van der Waals surface area contributed by atoms with Crippen molar-refractivity contribution in [2.24, 2.45) is 5.73 Å². The summed E-state index contributed by atoms with van der Waals surface area (Å²) in [6.07, 6.45) is 1.24. The van der Waals surface area contributed by atoms with Crippen LogP contribution in [-0.2, 0) is 21.8 Å². The van der Waals surface area contributed by atoms with Crippen LogP contribution < -0.4 is 5.73 Å². The van der Waals surface area contributed by atoms with Crippen LogP contribution in [0.4, 0.5) is 0 Å². The quantitative estimate of drug-likeness (QED) is 0.921. The number of nitrogens with zero attached hydrogens (tertiary/aromatic N) is 1. The van der Waals surface area contributed by atoms with Crippen LogP contribution >= 0.6 is 11.3 Å². The van der Waals surface area contributed by atoms with E-state index in [0.717, 1.165) is 22.0 Å². The number of sulfone groups is 1. The fourth-order valence-electron chi connectivity index (χ4n) is 2.82. The average Bonchev–Trinajstić information content (AvgIpc) is 2.86. The Bertz CT molecular complexity index is 796. The lowest BCUT2D eigenvalue weighted by molar-refractivity contribution is 0.480. The number of rotatable bonds is 2. The van der Waals surface area contributed by atoms with Crippen LogP contribution in [0.5, 0.6) is 0 Å². The first kappa shape index (κ1) is 14.7. The third-order valence-corrected chi connectivity index (χ3v) is 7.04. The molecule has 0 saturated heterocycles. The lowest BCUT2D eigenvalue weighted by Gasteiger charge is -2.33. The van der Waals surface area contributed by atoms with Crippen molar-refractivity contribution in [1.82, 2.24) is 4.98 Å². The summed E-state index contributed by atoms with van der Waals surface area (Å²) < 4.78 is 24.5. The van der Waals surface area contributed by atoms with E-state index in [4.69, 9.17) is 5.73 Å². The maximum absolute atomic E-state index is 12.2. The largest absolute Gasteiger partial charge is 0.316 e. The number of aryl methyl sites for hydroxylation is 2. The number of nitrogens with two attached hydrogens (primary N) is 1. The molecule has 1 aromatic heterocycles. The highest BCUT2D eigenvalue weighted by Gasteiger charge is 2.42. The van der Waals surface area contributed by atoms with Crippen LogP contribution in [0.3, 0.4) is 0 Å². The smallest absolute Gasteiger partial charge is 0.178 e. The minimum Gasteiger partial charge on any atom is -0.316 e. The molecule has 2 N–H and O–H groups in total. The molecule has 0 spiro atoms. The van der Waals surface area contributed by atoms with Gasteiger partial charge in [-0.25, -0.2) is 13.4 Å². The molecule has 0 saturated carbocycles. The van der Waals surface area contributed by atoms with Crippen molar-refractivity contribution in [3.63, 3.8) is 0 Å². The molecule has 6 heteroatoms. The van der Waals surface area contributed by atoms with Gasteiger partial charge >= 0.3 is 0 Å². The molecule has 1 atom stereocenters. The van der Waals surface area contributed by atoms with Crippen LogP contribution in [0.1, 0.15) is 34.5 Å². The van der Waals surface area contributed by atoms with Gasteiger partial charge in [-0.05, 0) is 31.4 Å². The van der Waals surface area contributed by atoms with Crippen molar-refractivity contribution in [3.8, 4) is 0 Å². The second-order valence-electron chi connectivity index (χ2n) is 5.41. The zero-order valence-electron chi connectivity index (χ0n) is 12.1. The van der Waals surface area contributed by atoms with Crippen LogP contribution in [0.2, 0.25) is 0 Å². The van der Waals surface area contributed by atoms with E-state index in [1.54, 1.807) is 23.5 Å². The standard InChI is InChI=1S/C15H18N2O2S2/c1-3-12-10(2)20-14(17-12)15(16)8-9-21(18,19)13-7-5-4-6-11(13)15/h4-7H,3,8-9,16H2,1-2H3. The van der Waals surface area contributed by atoms with E-state index in [2.05, 4.69) is 11.9 Å². The minimum absolute atomic E-state index is 0.0700. The second-order valence-corrected chi connectivity index (χ2v) is 8.69. The normalized spacial score (nSPS) is 23.8. The van der Waals surface area contributed by atoms with Gasteiger partial charge in [0.1, 0.15) is 5.01 Å².